The molecule has 0 amide bonds. The van der Waals surface area contributed by atoms with Gasteiger partial charge in [0.05, 0.1) is 32.8 Å². The number of benzene rings is 1. The van der Waals surface area contributed by atoms with Crippen LogP contribution in [0, 0.1) is 6.92 Å². The van der Waals surface area contributed by atoms with Crippen molar-refractivity contribution in [3.63, 3.8) is 0 Å². The summed E-state index contributed by atoms with van der Waals surface area (Å²) < 4.78 is 13.2. The number of hydrogen-bond acceptors (Lipinski definition) is 3. The van der Waals surface area contributed by atoms with Crippen LogP contribution in [0.4, 0.5) is 5.69 Å². The molecule has 1 unspecified atom stereocenters. The summed E-state index contributed by atoms with van der Waals surface area (Å²) in [6.45, 7) is 1.91. The Morgan fingerprint density at radius 2 is 2.11 bits per heavy atom. The Balaban J connectivity index is 2.22. The van der Waals surface area contributed by atoms with E-state index in [-0.39, 0.29) is 0 Å². The Morgan fingerprint density at radius 1 is 1.33 bits per heavy atom. The summed E-state index contributed by atoms with van der Waals surface area (Å²) in [5.41, 5.74) is 8.28. The molecule has 1 heterocycles. The minimum absolute atomic E-state index is 0.376. The van der Waals surface area contributed by atoms with Gasteiger partial charge < -0.3 is 5.73 Å². The Kier molecular flexibility index (Phi) is 4.14. The molecule has 3 nitrogen and oxygen atoms in total. The molecule has 2 N–H and O–H groups in total. The molecule has 0 fully saturated rings. The Morgan fingerprint density at radius 3 is 2.78 bits per heavy atom. The second-order valence-corrected chi connectivity index (χ2v) is 6.28. The predicted octanol–water partition coefficient (Wildman–Crippen LogP) is 3.04. The monoisotopic (exact) mass is 324 g/mol. The van der Waals surface area contributed by atoms with Crippen LogP contribution in [0.2, 0.25) is 0 Å². The van der Waals surface area contributed by atoms with Gasteiger partial charge >= 0.3 is 0 Å². The van der Waals surface area contributed by atoms with E-state index in [1.54, 1.807) is 12.3 Å². The topological polar surface area (TPSA) is 56.0 Å². The maximum atomic E-state index is 12.3. The molecule has 0 aliphatic carbocycles. The first kappa shape index (κ1) is 13.2. The first-order chi connectivity index (χ1) is 8.58. The number of anilines is 1. The van der Waals surface area contributed by atoms with Crippen LogP contribution in [0.1, 0.15) is 11.3 Å². The lowest BCUT2D eigenvalue weighted by atomic mass is 10.2. The lowest BCUT2D eigenvalue weighted by molar-refractivity contribution is 0.682. The normalized spacial score (nSPS) is 12.3. The summed E-state index contributed by atoms with van der Waals surface area (Å²) in [4.78, 5) is 4.90. The first-order valence-electron chi connectivity index (χ1n) is 5.42. The van der Waals surface area contributed by atoms with Crippen LogP contribution in [-0.4, -0.2) is 9.19 Å². The van der Waals surface area contributed by atoms with Crippen molar-refractivity contribution in [3.8, 4) is 0 Å². The number of nitrogen functional groups attached to an aromatic ring is 1. The number of pyridine rings is 1. The molecule has 0 aliphatic heterocycles. The van der Waals surface area contributed by atoms with Gasteiger partial charge in [0.15, 0.2) is 0 Å². The fourth-order valence-corrected chi connectivity index (χ4v) is 3.02. The van der Waals surface area contributed by atoms with Gasteiger partial charge in [-0.25, -0.2) is 0 Å². The first-order valence-corrected chi connectivity index (χ1v) is 7.53. The number of halogens is 1. The standard InChI is InChI=1S/C13H13BrN2OS/c1-9-3-2-4-12(13(9)15)18(17)8-11-6-5-10(14)7-16-11/h2-7H,8,15H2,1H3. The van der Waals surface area contributed by atoms with Crippen molar-refractivity contribution in [2.45, 2.75) is 17.6 Å². The molecule has 5 heteroatoms. The van der Waals surface area contributed by atoms with Crippen molar-refractivity contribution in [3.05, 3.63) is 52.3 Å². The van der Waals surface area contributed by atoms with Crippen LogP contribution in [0.5, 0.6) is 0 Å². The highest BCUT2D eigenvalue weighted by Gasteiger charge is 2.10. The molecular weight excluding hydrogens is 312 g/mol. The molecule has 1 atom stereocenters. The third kappa shape index (κ3) is 2.97. The highest BCUT2D eigenvalue weighted by atomic mass is 79.9. The van der Waals surface area contributed by atoms with Crippen molar-refractivity contribution >= 4 is 32.4 Å². The highest BCUT2D eigenvalue weighted by molar-refractivity contribution is 9.10. The molecule has 2 aromatic rings. The number of para-hydroxylation sites is 1. The summed E-state index contributed by atoms with van der Waals surface area (Å²) in [6, 6.07) is 9.33. The van der Waals surface area contributed by atoms with E-state index >= 15 is 0 Å². The summed E-state index contributed by atoms with van der Waals surface area (Å²) in [7, 11) is -1.17. The van der Waals surface area contributed by atoms with Gasteiger partial charge in [-0.2, -0.15) is 0 Å². The number of hydrogen-bond donors (Lipinski definition) is 1. The average Bonchev–Trinajstić information content (AvgIpc) is 2.35. The lowest BCUT2D eigenvalue weighted by Gasteiger charge is -2.07. The molecule has 1 aromatic carbocycles. The van der Waals surface area contributed by atoms with Gasteiger partial charge in [-0.3, -0.25) is 9.19 Å². The summed E-state index contributed by atoms with van der Waals surface area (Å²) >= 11 is 3.32. The minimum atomic E-state index is -1.17. The molecule has 2 rings (SSSR count). The Bertz CT molecular complexity index is 584. The fourth-order valence-electron chi connectivity index (χ4n) is 1.56. The maximum absolute atomic E-state index is 12.3. The third-order valence-corrected chi connectivity index (χ3v) is 4.47. The van der Waals surface area contributed by atoms with E-state index in [1.165, 1.54) is 0 Å². The number of nitrogens with zero attached hydrogens (tertiary/aromatic N) is 1. The molecule has 0 saturated carbocycles. The number of aryl methyl sites for hydroxylation is 1. The molecule has 0 aliphatic rings. The van der Waals surface area contributed by atoms with E-state index in [9.17, 15) is 4.21 Å². The minimum Gasteiger partial charge on any atom is -0.398 e. The summed E-state index contributed by atoms with van der Waals surface area (Å²) in [6.07, 6.45) is 1.70. The van der Waals surface area contributed by atoms with Gasteiger partial charge in [0.1, 0.15) is 0 Å². The van der Waals surface area contributed by atoms with Crippen molar-refractivity contribution in [2.24, 2.45) is 0 Å². The van der Waals surface area contributed by atoms with Crippen LogP contribution in [0.15, 0.2) is 45.9 Å². The summed E-state index contributed by atoms with van der Waals surface area (Å²) in [5, 5.41) is 0. The largest absolute Gasteiger partial charge is 0.398 e. The Labute approximate surface area is 117 Å². The van der Waals surface area contributed by atoms with Gasteiger partial charge in [0.25, 0.3) is 0 Å². The molecule has 0 radical (unpaired) electrons. The van der Waals surface area contributed by atoms with Gasteiger partial charge in [0, 0.05) is 10.7 Å². The molecular formula is C13H13BrN2OS. The maximum Gasteiger partial charge on any atom is 0.0706 e. The van der Waals surface area contributed by atoms with Crippen molar-refractivity contribution in [2.75, 3.05) is 5.73 Å². The molecule has 94 valence electrons. The van der Waals surface area contributed by atoms with Crippen molar-refractivity contribution in [1.82, 2.24) is 4.98 Å². The SMILES string of the molecule is Cc1cccc(S(=O)Cc2ccc(Br)cn2)c1N. The van der Waals surface area contributed by atoms with Gasteiger partial charge in [-0.05, 0) is 46.6 Å². The van der Waals surface area contributed by atoms with E-state index in [0.29, 0.717) is 16.3 Å². The number of rotatable bonds is 3. The lowest BCUT2D eigenvalue weighted by Crippen LogP contribution is -2.03. The van der Waals surface area contributed by atoms with E-state index < -0.39 is 10.8 Å². The Hall–Kier alpha value is -1.20. The van der Waals surface area contributed by atoms with Crippen molar-refractivity contribution in [1.29, 1.82) is 0 Å². The molecule has 0 bridgehead atoms. The van der Waals surface area contributed by atoms with E-state index in [2.05, 4.69) is 20.9 Å². The van der Waals surface area contributed by atoms with Crippen molar-refractivity contribution < 1.29 is 4.21 Å². The number of nitrogens with two attached hydrogens (primary N) is 1. The van der Waals surface area contributed by atoms with Gasteiger partial charge in [-0.15, -0.1) is 0 Å². The fraction of sp³-hybridized carbons (Fsp3) is 0.154. The zero-order valence-electron chi connectivity index (χ0n) is 9.89. The molecule has 18 heavy (non-hydrogen) atoms. The van der Waals surface area contributed by atoms with E-state index in [1.807, 2.05) is 31.2 Å². The smallest absolute Gasteiger partial charge is 0.0706 e. The third-order valence-electron chi connectivity index (χ3n) is 2.60. The predicted molar refractivity (Wildman–Crippen MR) is 77.6 cm³/mol. The van der Waals surface area contributed by atoms with Crippen LogP contribution >= 0.6 is 15.9 Å². The van der Waals surface area contributed by atoms with Crippen LogP contribution in [0.3, 0.4) is 0 Å². The van der Waals surface area contributed by atoms with Crippen LogP contribution < -0.4 is 5.73 Å². The van der Waals surface area contributed by atoms with E-state index in [0.717, 1.165) is 15.7 Å². The molecule has 0 saturated heterocycles. The van der Waals surface area contributed by atoms with Gasteiger partial charge in [0.2, 0.25) is 0 Å². The zero-order valence-corrected chi connectivity index (χ0v) is 12.3. The highest BCUT2D eigenvalue weighted by Crippen LogP contribution is 2.22. The quantitative estimate of drug-likeness (QED) is 0.883. The number of aromatic nitrogens is 1. The second-order valence-electron chi connectivity index (χ2n) is 3.94. The van der Waals surface area contributed by atoms with Gasteiger partial charge in [-0.1, -0.05) is 12.1 Å². The second kappa shape index (κ2) is 5.63. The molecule has 0 spiro atoms. The van der Waals surface area contributed by atoms with E-state index in [4.69, 9.17) is 5.73 Å². The zero-order chi connectivity index (χ0) is 13.1. The van der Waals surface area contributed by atoms with Crippen LogP contribution in [-0.2, 0) is 16.6 Å². The van der Waals surface area contributed by atoms with Crippen LogP contribution in [0.25, 0.3) is 0 Å². The molecule has 1 aromatic heterocycles. The summed E-state index contributed by atoms with van der Waals surface area (Å²) in [5.74, 6) is 0.376. The average molecular weight is 325 g/mol.